The molecule has 1 aliphatic heterocycles. The molecule has 2 aliphatic rings. The van der Waals surface area contributed by atoms with Crippen LogP contribution < -0.4 is 10.5 Å². The number of hydrogen-bond donors (Lipinski definition) is 2. The Hall–Kier alpha value is -1.26. The highest BCUT2D eigenvalue weighted by atomic mass is 16.5. The SMILES string of the molecule is COc1ccc(O)c(CN2CC3CCCC(N)C3C2)c1. The predicted octanol–water partition coefficient (Wildman–Crippen LogP) is 1.96. The second-order valence-electron chi connectivity index (χ2n) is 6.21. The van der Waals surface area contributed by atoms with Crippen molar-refractivity contribution in [3.8, 4) is 11.5 Å². The van der Waals surface area contributed by atoms with Crippen LogP contribution in [0.25, 0.3) is 0 Å². The molecule has 2 fully saturated rings. The van der Waals surface area contributed by atoms with E-state index in [4.69, 9.17) is 10.5 Å². The summed E-state index contributed by atoms with van der Waals surface area (Å²) in [5.74, 6) is 2.53. The first-order valence-electron chi connectivity index (χ1n) is 7.51. The van der Waals surface area contributed by atoms with Crippen molar-refractivity contribution >= 4 is 0 Å². The molecule has 0 spiro atoms. The fraction of sp³-hybridized carbons (Fsp3) is 0.625. The average molecular weight is 276 g/mol. The van der Waals surface area contributed by atoms with Crippen molar-refractivity contribution in [3.05, 3.63) is 23.8 Å². The molecule has 3 rings (SSSR count). The van der Waals surface area contributed by atoms with Gasteiger partial charge in [0, 0.05) is 31.2 Å². The van der Waals surface area contributed by atoms with Crippen LogP contribution in [0.4, 0.5) is 0 Å². The molecule has 3 N–H and O–H groups in total. The molecule has 0 bridgehead atoms. The Balaban J connectivity index is 1.70. The van der Waals surface area contributed by atoms with Crippen molar-refractivity contribution in [1.82, 2.24) is 4.90 Å². The Morgan fingerprint density at radius 3 is 2.95 bits per heavy atom. The Morgan fingerprint density at radius 2 is 2.20 bits per heavy atom. The highest BCUT2D eigenvalue weighted by Crippen LogP contribution is 2.36. The summed E-state index contributed by atoms with van der Waals surface area (Å²) < 4.78 is 5.24. The maximum Gasteiger partial charge on any atom is 0.120 e. The number of methoxy groups -OCH3 is 1. The van der Waals surface area contributed by atoms with Gasteiger partial charge in [0.05, 0.1) is 7.11 Å². The second-order valence-corrected chi connectivity index (χ2v) is 6.21. The molecular formula is C16H24N2O2. The molecular weight excluding hydrogens is 252 g/mol. The summed E-state index contributed by atoms with van der Waals surface area (Å²) >= 11 is 0. The van der Waals surface area contributed by atoms with E-state index in [-0.39, 0.29) is 0 Å². The van der Waals surface area contributed by atoms with Crippen molar-refractivity contribution in [2.24, 2.45) is 17.6 Å². The van der Waals surface area contributed by atoms with Crippen LogP contribution in [-0.4, -0.2) is 36.2 Å². The quantitative estimate of drug-likeness (QED) is 0.886. The Kier molecular flexibility index (Phi) is 3.85. The van der Waals surface area contributed by atoms with Crippen molar-refractivity contribution in [2.45, 2.75) is 31.8 Å². The molecule has 3 atom stereocenters. The van der Waals surface area contributed by atoms with Gasteiger partial charge in [-0.25, -0.2) is 0 Å². The van der Waals surface area contributed by atoms with Crippen LogP contribution in [0.2, 0.25) is 0 Å². The highest BCUT2D eigenvalue weighted by molar-refractivity contribution is 5.39. The molecule has 110 valence electrons. The van der Waals surface area contributed by atoms with E-state index in [1.54, 1.807) is 19.2 Å². The van der Waals surface area contributed by atoms with E-state index in [1.807, 2.05) is 6.07 Å². The number of likely N-dealkylation sites (tertiary alicyclic amines) is 1. The molecule has 1 aromatic rings. The fourth-order valence-electron chi connectivity index (χ4n) is 3.79. The lowest BCUT2D eigenvalue weighted by atomic mass is 9.78. The third-order valence-electron chi connectivity index (χ3n) is 4.91. The van der Waals surface area contributed by atoms with Crippen LogP contribution in [-0.2, 0) is 6.54 Å². The van der Waals surface area contributed by atoms with Gasteiger partial charge in [0.1, 0.15) is 11.5 Å². The van der Waals surface area contributed by atoms with Crippen LogP contribution >= 0.6 is 0 Å². The van der Waals surface area contributed by atoms with Gasteiger partial charge in [0.25, 0.3) is 0 Å². The van der Waals surface area contributed by atoms with E-state index in [1.165, 1.54) is 19.3 Å². The van der Waals surface area contributed by atoms with Crippen molar-refractivity contribution in [2.75, 3.05) is 20.2 Å². The summed E-state index contributed by atoms with van der Waals surface area (Å²) in [7, 11) is 1.65. The lowest BCUT2D eigenvalue weighted by molar-refractivity contribution is 0.259. The van der Waals surface area contributed by atoms with Crippen LogP contribution in [0.5, 0.6) is 11.5 Å². The standard InChI is InChI=1S/C16H24N2O2/c1-20-13-5-6-16(19)12(7-13)9-18-8-11-3-2-4-15(17)14(11)10-18/h5-7,11,14-15,19H,2-4,8-10,17H2,1H3. The van der Waals surface area contributed by atoms with Crippen LogP contribution in [0, 0.1) is 11.8 Å². The fourth-order valence-corrected chi connectivity index (χ4v) is 3.79. The highest BCUT2D eigenvalue weighted by Gasteiger charge is 2.38. The lowest BCUT2D eigenvalue weighted by Crippen LogP contribution is -2.38. The molecule has 4 nitrogen and oxygen atoms in total. The van der Waals surface area contributed by atoms with Gasteiger partial charge in [-0.15, -0.1) is 0 Å². The van der Waals surface area contributed by atoms with Crippen LogP contribution in [0.15, 0.2) is 18.2 Å². The molecule has 20 heavy (non-hydrogen) atoms. The Morgan fingerprint density at radius 1 is 1.35 bits per heavy atom. The normalized spacial score (nSPS) is 30.2. The van der Waals surface area contributed by atoms with E-state index in [9.17, 15) is 5.11 Å². The van der Waals surface area contributed by atoms with E-state index in [0.717, 1.165) is 36.9 Å². The maximum absolute atomic E-state index is 9.99. The monoisotopic (exact) mass is 276 g/mol. The summed E-state index contributed by atoms with van der Waals surface area (Å²) in [5, 5.41) is 9.99. The van der Waals surface area contributed by atoms with Crippen LogP contribution in [0.3, 0.4) is 0 Å². The molecule has 1 aliphatic carbocycles. The Labute approximate surface area is 120 Å². The number of rotatable bonds is 3. The molecule has 0 amide bonds. The Bertz CT molecular complexity index is 478. The number of ether oxygens (including phenoxy) is 1. The molecule has 0 aromatic heterocycles. The van der Waals surface area contributed by atoms with E-state index in [2.05, 4.69) is 4.90 Å². The number of phenolic OH excluding ortho intramolecular Hbond substituents is 1. The minimum atomic E-state index is 0.352. The van der Waals surface area contributed by atoms with Crippen molar-refractivity contribution in [1.29, 1.82) is 0 Å². The predicted molar refractivity (Wildman–Crippen MR) is 78.7 cm³/mol. The maximum atomic E-state index is 9.99. The number of hydrogen-bond acceptors (Lipinski definition) is 4. The summed E-state index contributed by atoms with van der Waals surface area (Å²) in [6.07, 6.45) is 3.74. The number of nitrogens with zero attached hydrogens (tertiary/aromatic N) is 1. The average Bonchev–Trinajstić information content (AvgIpc) is 2.85. The third kappa shape index (κ3) is 2.63. The van der Waals surface area contributed by atoms with E-state index < -0.39 is 0 Å². The number of nitrogens with two attached hydrogens (primary N) is 1. The van der Waals surface area contributed by atoms with Gasteiger partial charge in [-0.2, -0.15) is 0 Å². The smallest absolute Gasteiger partial charge is 0.120 e. The second kappa shape index (κ2) is 5.62. The lowest BCUT2D eigenvalue weighted by Gasteiger charge is -2.29. The number of benzene rings is 1. The third-order valence-corrected chi connectivity index (χ3v) is 4.91. The zero-order valence-corrected chi connectivity index (χ0v) is 12.1. The molecule has 4 heteroatoms. The number of phenols is 1. The number of fused-ring (bicyclic) bond motifs is 1. The zero-order chi connectivity index (χ0) is 14.1. The molecule has 0 radical (unpaired) electrons. The van der Waals surface area contributed by atoms with Gasteiger partial charge in [-0.05, 0) is 42.9 Å². The number of aromatic hydroxyl groups is 1. The molecule has 1 aromatic carbocycles. The van der Waals surface area contributed by atoms with Crippen LogP contribution in [0.1, 0.15) is 24.8 Å². The summed E-state index contributed by atoms with van der Waals surface area (Å²) in [6.45, 7) is 2.94. The first-order valence-corrected chi connectivity index (χ1v) is 7.51. The minimum absolute atomic E-state index is 0.352. The van der Waals surface area contributed by atoms with E-state index >= 15 is 0 Å². The first-order chi connectivity index (χ1) is 9.67. The summed E-state index contributed by atoms with van der Waals surface area (Å²) in [4.78, 5) is 2.43. The van der Waals surface area contributed by atoms with Gasteiger partial charge in [0.2, 0.25) is 0 Å². The van der Waals surface area contributed by atoms with Crippen molar-refractivity contribution in [3.63, 3.8) is 0 Å². The molecule has 1 heterocycles. The zero-order valence-electron chi connectivity index (χ0n) is 12.1. The van der Waals surface area contributed by atoms with Gasteiger partial charge >= 0.3 is 0 Å². The van der Waals surface area contributed by atoms with Gasteiger partial charge in [-0.3, -0.25) is 4.90 Å². The largest absolute Gasteiger partial charge is 0.508 e. The minimum Gasteiger partial charge on any atom is -0.508 e. The van der Waals surface area contributed by atoms with Crippen molar-refractivity contribution < 1.29 is 9.84 Å². The molecule has 1 saturated carbocycles. The topological polar surface area (TPSA) is 58.7 Å². The van der Waals surface area contributed by atoms with Gasteiger partial charge in [-0.1, -0.05) is 6.42 Å². The molecule has 1 saturated heterocycles. The summed E-state index contributed by atoms with van der Waals surface area (Å²) in [6, 6.07) is 5.79. The van der Waals surface area contributed by atoms with E-state index in [0.29, 0.717) is 17.7 Å². The summed E-state index contributed by atoms with van der Waals surface area (Å²) in [5.41, 5.74) is 7.20. The first kappa shape index (κ1) is 13.7. The van der Waals surface area contributed by atoms with Gasteiger partial charge < -0.3 is 15.6 Å². The van der Waals surface area contributed by atoms with Gasteiger partial charge in [0.15, 0.2) is 0 Å². The molecule has 3 unspecified atom stereocenters.